The standard InChI is InChI=1S/C16H24N2O2/c1-12-11-13(17-2)6-7-15(12)16(20)18-9-4-3-5-14(18)8-10-19/h6-7,11,14,17,19H,3-5,8-10H2,1-2H3. The SMILES string of the molecule is CNc1ccc(C(=O)N2CCCCC2CCO)c(C)c1. The summed E-state index contributed by atoms with van der Waals surface area (Å²) in [4.78, 5) is 14.7. The van der Waals surface area contributed by atoms with Gasteiger partial charge in [-0.3, -0.25) is 4.79 Å². The number of aryl methyl sites for hydroxylation is 1. The third kappa shape index (κ3) is 3.12. The zero-order valence-corrected chi connectivity index (χ0v) is 12.4. The highest BCUT2D eigenvalue weighted by molar-refractivity contribution is 5.96. The molecule has 4 nitrogen and oxygen atoms in total. The van der Waals surface area contributed by atoms with Crippen LogP contribution in [0.3, 0.4) is 0 Å². The van der Waals surface area contributed by atoms with Crippen LogP contribution in [0.2, 0.25) is 0 Å². The number of hydrogen-bond acceptors (Lipinski definition) is 3. The molecular weight excluding hydrogens is 252 g/mol. The first-order chi connectivity index (χ1) is 9.67. The summed E-state index contributed by atoms with van der Waals surface area (Å²) in [5.74, 6) is 0.100. The predicted molar refractivity (Wildman–Crippen MR) is 81.1 cm³/mol. The number of carbonyl (C=O) groups is 1. The number of aliphatic hydroxyl groups is 1. The molecule has 110 valence electrons. The summed E-state index contributed by atoms with van der Waals surface area (Å²) in [5.41, 5.74) is 2.79. The van der Waals surface area contributed by atoms with Gasteiger partial charge in [-0.05, 0) is 56.4 Å². The van der Waals surface area contributed by atoms with Gasteiger partial charge in [0, 0.05) is 37.5 Å². The monoisotopic (exact) mass is 276 g/mol. The minimum atomic E-state index is 0.100. The van der Waals surface area contributed by atoms with Crippen molar-refractivity contribution < 1.29 is 9.90 Å². The molecule has 0 bridgehead atoms. The summed E-state index contributed by atoms with van der Waals surface area (Å²) >= 11 is 0. The van der Waals surface area contributed by atoms with E-state index in [9.17, 15) is 4.79 Å². The number of likely N-dealkylation sites (tertiary alicyclic amines) is 1. The van der Waals surface area contributed by atoms with E-state index in [4.69, 9.17) is 5.11 Å². The van der Waals surface area contributed by atoms with Crippen LogP contribution in [-0.4, -0.2) is 42.2 Å². The van der Waals surface area contributed by atoms with Gasteiger partial charge in [-0.1, -0.05) is 0 Å². The van der Waals surface area contributed by atoms with Crippen molar-refractivity contribution in [2.24, 2.45) is 0 Å². The normalized spacial score (nSPS) is 18.9. The summed E-state index contributed by atoms with van der Waals surface area (Å²) in [6, 6.07) is 6.02. The van der Waals surface area contributed by atoms with Crippen LogP contribution < -0.4 is 5.32 Å². The van der Waals surface area contributed by atoms with Crippen molar-refractivity contribution in [3.05, 3.63) is 29.3 Å². The smallest absolute Gasteiger partial charge is 0.254 e. The number of anilines is 1. The number of benzene rings is 1. The third-order valence-electron chi connectivity index (χ3n) is 4.10. The van der Waals surface area contributed by atoms with Crippen molar-refractivity contribution in [3.8, 4) is 0 Å². The van der Waals surface area contributed by atoms with Gasteiger partial charge < -0.3 is 15.3 Å². The van der Waals surface area contributed by atoms with Crippen LogP contribution in [0.1, 0.15) is 41.6 Å². The maximum atomic E-state index is 12.7. The minimum Gasteiger partial charge on any atom is -0.396 e. The van der Waals surface area contributed by atoms with Crippen LogP contribution in [0.15, 0.2) is 18.2 Å². The Kier molecular flexibility index (Phi) is 5.01. The van der Waals surface area contributed by atoms with Crippen LogP contribution >= 0.6 is 0 Å². The summed E-state index contributed by atoms with van der Waals surface area (Å²) < 4.78 is 0. The fourth-order valence-corrected chi connectivity index (χ4v) is 2.93. The molecule has 1 aliphatic heterocycles. The molecule has 1 fully saturated rings. The summed E-state index contributed by atoms with van der Waals surface area (Å²) in [6.45, 7) is 2.92. The number of nitrogens with one attached hydrogen (secondary N) is 1. The van der Waals surface area contributed by atoms with Crippen LogP contribution in [-0.2, 0) is 0 Å². The Bertz CT molecular complexity index is 472. The molecule has 0 radical (unpaired) electrons. The Morgan fingerprint density at radius 3 is 2.90 bits per heavy atom. The second-order valence-corrected chi connectivity index (χ2v) is 5.44. The zero-order chi connectivity index (χ0) is 14.5. The first kappa shape index (κ1) is 14.9. The first-order valence-electron chi connectivity index (χ1n) is 7.37. The summed E-state index contributed by atoms with van der Waals surface area (Å²) in [5, 5.41) is 12.2. The molecule has 1 aromatic rings. The molecule has 1 heterocycles. The van der Waals surface area contributed by atoms with E-state index in [1.807, 2.05) is 37.1 Å². The van der Waals surface area contributed by atoms with Crippen LogP contribution in [0.25, 0.3) is 0 Å². The van der Waals surface area contributed by atoms with E-state index in [-0.39, 0.29) is 18.6 Å². The average Bonchev–Trinajstić information content (AvgIpc) is 2.47. The van der Waals surface area contributed by atoms with Crippen molar-refractivity contribution in [3.63, 3.8) is 0 Å². The molecule has 0 spiro atoms. The molecule has 20 heavy (non-hydrogen) atoms. The minimum absolute atomic E-state index is 0.100. The topological polar surface area (TPSA) is 52.6 Å². The van der Waals surface area contributed by atoms with Crippen molar-refractivity contribution in [1.82, 2.24) is 4.90 Å². The van der Waals surface area contributed by atoms with E-state index in [1.54, 1.807) is 0 Å². The second-order valence-electron chi connectivity index (χ2n) is 5.44. The molecular formula is C16H24N2O2. The van der Waals surface area contributed by atoms with Crippen LogP contribution in [0, 0.1) is 6.92 Å². The molecule has 0 aromatic heterocycles. The van der Waals surface area contributed by atoms with Gasteiger partial charge in [-0.25, -0.2) is 0 Å². The van der Waals surface area contributed by atoms with Gasteiger partial charge in [-0.2, -0.15) is 0 Å². The molecule has 1 amide bonds. The van der Waals surface area contributed by atoms with Gasteiger partial charge in [0.15, 0.2) is 0 Å². The lowest BCUT2D eigenvalue weighted by Crippen LogP contribution is -2.44. The molecule has 1 saturated heterocycles. The Balaban J connectivity index is 2.20. The first-order valence-corrected chi connectivity index (χ1v) is 7.37. The van der Waals surface area contributed by atoms with Gasteiger partial charge in [0.1, 0.15) is 0 Å². The average molecular weight is 276 g/mol. The number of amides is 1. The molecule has 1 atom stereocenters. The molecule has 2 N–H and O–H groups in total. The van der Waals surface area contributed by atoms with Gasteiger partial charge in [-0.15, -0.1) is 0 Å². The van der Waals surface area contributed by atoms with Crippen LogP contribution in [0.5, 0.6) is 0 Å². The van der Waals surface area contributed by atoms with Gasteiger partial charge >= 0.3 is 0 Å². The molecule has 0 saturated carbocycles. The van der Waals surface area contributed by atoms with Crippen LogP contribution in [0.4, 0.5) is 5.69 Å². The number of hydrogen-bond donors (Lipinski definition) is 2. The number of aliphatic hydroxyl groups excluding tert-OH is 1. The number of piperidine rings is 1. The van der Waals surface area contributed by atoms with E-state index in [2.05, 4.69) is 5.32 Å². The van der Waals surface area contributed by atoms with Crippen molar-refractivity contribution in [2.75, 3.05) is 25.5 Å². The summed E-state index contributed by atoms with van der Waals surface area (Å²) in [6.07, 6.45) is 3.88. The Hall–Kier alpha value is -1.55. The van der Waals surface area contributed by atoms with Gasteiger partial charge in [0.25, 0.3) is 5.91 Å². The van der Waals surface area contributed by atoms with E-state index in [0.717, 1.165) is 42.6 Å². The van der Waals surface area contributed by atoms with Crippen molar-refractivity contribution in [2.45, 2.75) is 38.6 Å². The van der Waals surface area contributed by atoms with Gasteiger partial charge in [0.05, 0.1) is 0 Å². The van der Waals surface area contributed by atoms with Gasteiger partial charge in [0.2, 0.25) is 0 Å². The summed E-state index contributed by atoms with van der Waals surface area (Å²) in [7, 11) is 1.87. The van der Waals surface area contributed by atoms with Crippen molar-refractivity contribution in [1.29, 1.82) is 0 Å². The molecule has 1 aliphatic rings. The molecule has 4 heteroatoms. The predicted octanol–water partition coefficient (Wildman–Crippen LogP) is 2.41. The maximum Gasteiger partial charge on any atom is 0.254 e. The Morgan fingerprint density at radius 2 is 2.25 bits per heavy atom. The molecule has 0 aliphatic carbocycles. The highest BCUT2D eigenvalue weighted by Gasteiger charge is 2.27. The number of nitrogens with zero attached hydrogens (tertiary/aromatic N) is 1. The maximum absolute atomic E-state index is 12.7. The molecule has 1 unspecified atom stereocenters. The number of carbonyl (C=O) groups excluding carboxylic acids is 1. The lowest BCUT2D eigenvalue weighted by molar-refractivity contribution is 0.0574. The van der Waals surface area contributed by atoms with E-state index < -0.39 is 0 Å². The highest BCUT2D eigenvalue weighted by Crippen LogP contribution is 2.24. The van der Waals surface area contributed by atoms with Crippen molar-refractivity contribution >= 4 is 11.6 Å². The second kappa shape index (κ2) is 6.75. The largest absolute Gasteiger partial charge is 0.396 e. The zero-order valence-electron chi connectivity index (χ0n) is 12.4. The molecule has 2 rings (SSSR count). The highest BCUT2D eigenvalue weighted by atomic mass is 16.3. The quantitative estimate of drug-likeness (QED) is 0.888. The Morgan fingerprint density at radius 1 is 1.45 bits per heavy atom. The Labute approximate surface area is 120 Å². The lowest BCUT2D eigenvalue weighted by atomic mass is 9.97. The number of rotatable bonds is 4. The van der Waals surface area contributed by atoms with E-state index in [0.29, 0.717) is 6.42 Å². The van der Waals surface area contributed by atoms with E-state index in [1.165, 1.54) is 0 Å². The lowest BCUT2D eigenvalue weighted by Gasteiger charge is -2.36. The fourth-order valence-electron chi connectivity index (χ4n) is 2.93. The fraction of sp³-hybridized carbons (Fsp3) is 0.562. The third-order valence-corrected chi connectivity index (χ3v) is 4.10. The molecule has 1 aromatic carbocycles. The van der Waals surface area contributed by atoms with E-state index >= 15 is 0 Å².